The van der Waals surface area contributed by atoms with Gasteiger partial charge in [0.1, 0.15) is 10.8 Å². The Bertz CT molecular complexity index is 757. The van der Waals surface area contributed by atoms with Gasteiger partial charge in [-0.2, -0.15) is 0 Å². The second kappa shape index (κ2) is 5.97. The Hall–Kier alpha value is -1.73. The van der Waals surface area contributed by atoms with Crippen LogP contribution in [0.15, 0.2) is 11.4 Å². The van der Waals surface area contributed by atoms with Crippen molar-refractivity contribution < 1.29 is 4.79 Å². The summed E-state index contributed by atoms with van der Waals surface area (Å²) in [7, 11) is 0. The first-order valence-corrected chi connectivity index (χ1v) is 9.48. The summed E-state index contributed by atoms with van der Waals surface area (Å²) < 4.78 is 2.04. The lowest BCUT2D eigenvalue weighted by Gasteiger charge is -2.39. The molecule has 2 aliphatic heterocycles. The highest BCUT2D eigenvalue weighted by Crippen LogP contribution is 2.32. The summed E-state index contributed by atoms with van der Waals surface area (Å²) in [6.07, 6.45) is 2.05. The summed E-state index contributed by atoms with van der Waals surface area (Å²) in [5.74, 6) is 1.85. The van der Waals surface area contributed by atoms with Crippen LogP contribution in [-0.4, -0.2) is 55.6 Å². The Morgan fingerprint density at radius 2 is 2.00 bits per heavy atom. The summed E-state index contributed by atoms with van der Waals surface area (Å²) in [4.78, 5) is 17.7. The van der Waals surface area contributed by atoms with Gasteiger partial charge in [-0.3, -0.25) is 9.36 Å². The predicted molar refractivity (Wildman–Crippen MR) is 93.6 cm³/mol. The standard InChI is InChI=1S/C17H23N5OS/c1-11(2)20-7-4-13(5-8-20)21-10-15-19-18-12(3)22(15)17-14(16(21)23)6-9-24-17/h6,9,11,13H,4-5,7-8,10H2,1-3H3. The van der Waals surface area contributed by atoms with Crippen LogP contribution in [0, 0.1) is 6.92 Å². The minimum atomic E-state index is 0.138. The quantitative estimate of drug-likeness (QED) is 0.839. The van der Waals surface area contributed by atoms with Crippen LogP contribution in [-0.2, 0) is 6.54 Å². The van der Waals surface area contributed by atoms with Crippen LogP contribution in [0.5, 0.6) is 0 Å². The van der Waals surface area contributed by atoms with Crippen molar-refractivity contribution in [3.05, 3.63) is 28.7 Å². The number of nitrogens with zero attached hydrogens (tertiary/aromatic N) is 5. The number of thiophene rings is 1. The fourth-order valence-corrected chi connectivity index (χ4v) is 4.76. The van der Waals surface area contributed by atoms with Crippen LogP contribution in [0.25, 0.3) is 5.00 Å². The largest absolute Gasteiger partial charge is 0.328 e. The molecule has 1 amide bonds. The number of fused-ring (bicyclic) bond motifs is 3. The summed E-state index contributed by atoms with van der Waals surface area (Å²) in [5, 5.41) is 11.5. The second-order valence-corrected chi connectivity index (χ2v) is 7.83. The molecule has 6 nitrogen and oxygen atoms in total. The molecule has 7 heteroatoms. The van der Waals surface area contributed by atoms with Crippen molar-refractivity contribution in [1.29, 1.82) is 0 Å². The number of carbonyl (C=O) groups is 1. The van der Waals surface area contributed by atoms with Crippen molar-refractivity contribution in [1.82, 2.24) is 24.6 Å². The van der Waals surface area contributed by atoms with Gasteiger partial charge in [0.15, 0.2) is 5.82 Å². The van der Waals surface area contributed by atoms with E-state index < -0.39 is 0 Å². The van der Waals surface area contributed by atoms with Crippen LogP contribution in [0.2, 0.25) is 0 Å². The Balaban J connectivity index is 1.66. The van der Waals surface area contributed by atoms with Crippen LogP contribution in [0.3, 0.4) is 0 Å². The Labute approximate surface area is 146 Å². The van der Waals surface area contributed by atoms with Gasteiger partial charge in [-0.1, -0.05) is 0 Å². The minimum Gasteiger partial charge on any atom is -0.328 e. The minimum absolute atomic E-state index is 0.138. The number of carbonyl (C=O) groups excluding carboxylic acids is 1. The zero-order chi connectivity index (χ0) is 16.8. The van der Waals surface area contributed by atoms with E-state index in [0.717, 1.165) is 48.1 Å². The Morgan fingerprint density at radius 1 is 1.25 bits per heavy atom. The van der Waals surface area contributed by atoms with Gasteiger partial charge in [-0.05, 0) is 45.1 Å². The topological polar surface area (TPSA) is 54.3 Å². The second-order valence-electron chi connectivity index (χ2n) is 6.93. The highest BCUT2D eigenvalue weighted by atomic mass is 32.1. The molecular formula is C17H23N5OS. The molecular weight excluding hydrogens is 322 g/mol. The molecule has 4 rings (SSSR count). The predicted octanol–water partition coefficient (Wildman–Crippen LogP) is 2.47. The third-order valence-electron chi connectivity index (χ3n) is 5.21. The first-order valence-electron chi connectivity index (χ1n) is 8.60. The molecule has 2 aromatic rings. The third-order valence-corrected chi connectivity index (χ3v) is 6.11. The molecule has 24 heavy (non-hydrogen) atoms. The van der Waals surface area contributed by atoms with E-state index in [9.17, 15) is 4.79 Å². The summed E-state index contributed by atoms with van der Waals surface area (Å²) in [6, 6.07) is 2.79. The number of piperidine rings is 1. The van der Waals surface area contributed by atoms with Crippen molar-refractivity contribution in [2.75, 3.05) is 13.1 Å². The average Bonchev–Trinajstić information content (AvgIpc) is 3.16. The molecule has 128 valence electrons. The third kappa shape index (κ3) is 2.46. The first kappa shape index (κ1) is 15.8. The first-order chi connectivity index (χ1) is 11.6. The number of hydrogen-bond donors (Lipinski definition) is 0. The van der Waals surface area contributed by atoms with Crippen LogP contribution < -0.4 is 0 Å². The van der Waals surface area contributed by atoms with Crippen molar-refractivity contribution >= 4 is 17.2 Å². The van der Waals surface area contributed by atoms with E-state index in [-0.39, 0.29) is 11.9 Å². The van der Waals surface area contributed by atoms with Crippen LogP contribution >= 0.6 is 11.3 Å². The number of rotatable bonds is 2. The van der Waals surface area contributed by atoms with E-state index in [1.165, 1.54) is 0 Å². The fourth-order valence-electron chi connectivity index (χ4n) is 3.80. The molecule has 0 N–H and O–H groups in total. The number of likely N-dealkylation sites (tertiary alicyclic amines) is 1. The van der Waals surface area contributed by atoms with Gasteiger partial charge in [0.2, 0.25) is 0 Å². The lowest BCUT2D eigenvalue weighted by atomic mass is 10.0. The Kier molecular flexibility index (Phi) is 3.92. The van der Waals surface area contributed by atoms with E-state index >= 15 is 0 Å². The van der Waals surface area contributed by atoms with Crippen LogP contribution in [0.1, 0.15) is 48.7 Å². The zero-order valence-corrected chi connectivity index (χ0v) is 15.2. The molecule has 4 heterocycles. The fraction of sp³-hybridized carbons (Fsp3) is 0.588. The van der Waals surface area contributed by atoms with Crippen molar-refractivity contribution in [2.45, 2.75) is 52.2 Å². The van der Waals surface area contributed by atoms with E-state index in [1.807, 2.05) is 27.8 Å². The molecule has 0 radical (unpaired) electrons. The molecule has 0 aromatic carbocycles. The molecule has 0 spiro atoms. The Morgan fingerprint density at radius 3 is 2.71 bits per heavy atom. The van der Waals surface area contributed by atoms with Gasteiger partial charge in [0, 0.05) is 25.2 Å². The SMILES string of the molecule is Cc1nnc2n1-c1sccc1C(=O)N(C1CCN(C(C)C)CC1)C2. The van der Waals surface area contributed by atoms with Crippen molar-refractivity contribution in [3.63, 3.8) is 0 Å². The molecule has 0 aliphatic carbocycles. The average molecular weight is 345 g/mol. The lowest BCUT2D eigenvalue weighted by Crippen LogP contribution is -2.48. The molecule has 1 saturated heterocycles. The van der Waals surface area contributed by atoms with Crippen molar-refractivity contribution in [2.24, 2.45) is 0 Å². The van der Waals surface area contributed by atoms with Gasteiger partial charge in [-0.15, -0.1) is 21.5 Å². The number of aromatic nitrogens is 3. The van der Waals surface area contributed by atoms with E-state index in [2.05, 4.69) is 28.9 Å². The van der Waals surface area contributed by atoms with Gasteiger partial charge in [-0.25, -0.2) is 0 Å². The molecule has 1 fully saturated rings. The van der Waals surface area contributed by atoms with E-state index in [1.54, 1.807) is 11.3 Å². The maximum absolute atomic E-state index is 13.1. The van der Waals surface area contributed by atoms with Gasteiger partial charge in [0.25, 0.3) is 5.91 Å². The van der Waals surface area contributed by atoms with Gasteiger partial charge >= 0.3 is 0 Å². The summed E-state index contributed by atoms with van der Waals surface area (Å²) in [6.45, 7) is 9.07. The van der Waals surface area contributed by atoms with Gasteiger partial charge < -0.3 is 9.80 Å². The van der Waals surface area contributed by atoms with E-state index in [4.69, 9.17) is 0 Å². The molecule has 2 aromatic heterocycles. The summed E-state index contributed by atoms with van der Waals surface area (Å²) in [5.41, 5.74) is 0.785. The van der Waals surface area contributed by atoms with Crippen LogP contribution in [0.4, 0.5) is 0 Å². The smallest absolute Gasteiger partial charge is 0.257 e. The molecule has 0 unspecified atom stereocenters. The van der Waals surface area contributed by atoms with E-state index in [0.29, 0.717) is 12.6 Å². The highest BCUT2D eigenvalue weighted by molar-refractivity contribution is 7.13. The zero-order valence-electron chi connectivity index (χ0n) is 14.4. The highest BCUT2D eigenvalue weighted by Gasteiger charge is 2.35. The molecule has 0 saturated carbocycles. The maximum Gasteiger partial charge on any atom is 0.257 e. The summed E-state index contributed by atoms with van der Waals surface area (Å²) >= 11 is 1.58. The maximum atomic E-state index is 13.1. The lowest BCUT2D eigenvalue weighted by molar-refractivity contribution is 0.0518. The normalized spacial score (nSPS) is 19.5. The number of aryl methyl sites for hydroxylation is 1. The molecule has 2 aliphatic rings. The number of amides is 1. The molecule has 0 atom stereocenters. The monoisotopic (exact) mass is 345 g/mol. The molecule has 0 bridgehead atoms. The van der Waals surface area contributed by atoms with Gasteiger partial charge in [0.05, 0.1) is 12.1 Å². The number of hydrogen-bond acceptors (Lipinski definition) is 5. The van der Waals surface area contributed by atoms with Crippen molar-refractivity contribution in [3.8, 4) is 5.00 Å².